The molecule has 21 heavy (non-hydrogen) atoms. The summed E-state index contributed by atoms with van der Waals surface area (Å²) < 4.78 is 19.4. The topological polar surface area (TPSA) is 35.2 Å². The van der Waals surface area contributed by atoms with E-state index < -0.39 is 0 Å². The molecule has 0 aliphatic rings. The summed E-state index contributed by atoms with van der Waals surface area (Å²) >= 11 is 0. The molecule has 2 rings (SSSR count). The van der Waals surface area contributed by atoms with Crippen molar-refractivity contribution in [2.45, 2.75) is 25.7 Å². The summed E-state index contributed by atoms with van der Waals surface area (Å²) in [4.78, 5) is 0. The van der Waals surface area contributed by atoms with Crippen LogP contribution in [0.2, 0.25) is 0 Å². The summed E-state index contributed by atoms with van der Waals surface area (Å²) in [6.45, 7) is 2.52. The average Bonchev–Trinajstić information content (AvgIpc) is 2.53. The van der Waals surface area contributed by atoms with Gasteiger partial charge in [0.2, 0.25) is 0 Å². The molecule has 0 amide bonds. The molecule has 0 saturated carbocycles. The minimum absolute atomic E-state index is 0.0489. The van der Waals surface area contributed by atoms with Crippen molar-refractivity contribution >= 4 is 0 Å². The van der Waals surface area contributed by atoms with E-state index in [-0.39, 0.29) is 11.7 Å². The van der Waals surface area contributed by atoms with Crippen LogP contribution in [0.5, 0.6) is 5.75 Å². The molecule has 0 bridgehead atoms. The molecule has 0 spiro atoms. The zero-order valence-corrected chi connectivity index (χ0v) is 12.6. The molecule has 0 radical (unpaired) electrons. The number of nitrogens with two attached hydrogens (primary N) is 1. The largest absolute Gasteiger partial charge is 0.496 e. The van der Waals surface area contributed by atoms with Crippen LogP contribution in [-0.4, -0.2) is 13.7 Å². The van der Waals surface area contributed by atoms with Crippen LogP contribution >= 0.6 is 0 Å². The third-order valence-electron chi connectivity index (χ3n) is 3.85. The zero-order valence-electron chi connectivity index (χ0n) is 12.6. The number of hydrogen-bond acceptors (Lipinski definition) is 2. The standard InChI is InChI=1S/C18H22FNO/c1-3-13-8-9-18(21-2)14(10-13)11-15(12-20)16-6-4-5-7-17(16)19/h4-10,15H,3,11-12,20H2,1-2H3. The number of methoxy groups -OCH3 is 1. The summed E-state index contributed by atoms with van der Waals surface area (Å²) in [7, 11) is 1.66. The van der Waals surface area contributed by atoms with Crippen molar-refractivity contribution in [2.24, 2.45) is 5.73 Å². The SMILES string of the molecule is CCc1ccc(OC)c(CC(CN)c2ccccc2F)c1. The van der Waals surface area contributed by atoms with E-state index in [0.717, 1.165) is 17.7 Å². The fourth-order valence-corrected chi connectivity index (χ4v) is 2.60. The predicted octanol–water partition coefficient (Wildman–Crippen LogP) is 3.68. The average molecular weight is 287 g/mol. The van der Waals surface area contributed by atoms with Gasteiger partial charge in [0.1, 0.15) is 11.6 Å². The molecule has 0 fully saturated rings. The number of hydrogen-bond donors (Lipinski definition) is 1. The highest BCUT2D eigenvalue weighted by atomic mass is 19.1. The first-order valence-corrected chi connectivity index (χ1v) is 7.29. The van der Waals surface area contributed by atoms with E-state index in [1.165, 1.54) is 11.6 Å². The zero-order chi connectivity index (χ0) is 15.2. The lowest BCUT2D eigenvalue weighted by Gasteiger charge is -2.18. The molecular formula is C18H22FNO. The lowest BCUT2D eigenvalue weighted by molar-refractivity contribution is 0.407. The summed E-state index contributed by atoms with van der Waals surface area (Å²) in [6.07, 6.45) is 1.64. The summed E-state index contributed by atoms with van der Waals surface area (Å²) in [6, 6.07) is 13.0. The van der Waals surface area contributed by atoms with E-state index >= 15 is 0 Å². The first kappa shape index (κ1) is 15.5. The third kappa shape index (κ3) is 3.61. The van der Waals surface area contributed by atoms with Crippen LogP contribution < -0.4 is 10.5 Å². The molecule has 1 atom stereocenters. The Morgan fingerprint density at radius 2 is 1.95 bits per heavy atom. The maximum Gasteiger partial charge on any atom is 0.126 e. The lowest BCUT2D eigenvalue weighted by atomic mass is 9.90. The maximum atomic E-state index is 14.0. The lowest BCUT2D eigenvalue weighted by Crippen LogP contribution is -2.17. The molecule has 3 heteroatoms. The van der Waals surface area contributed by atoms with Crippen LogP contribution in [0.15, 0.2) is 42.5 Å². The molecule has 112 valence electrons. The molecule has 2 N–H and O–H groups in total. The van der Waals surface area contributed by atoms with Crippen molar-refractivity contribution in [3.63, 3.8) is 0 Å². The molecule has 2 aromatic rings. The molecule has 0 aliphatic heterocycles. The second-order valence-electron chi connectivity index (χ2n) is 5.16. The van der Waals surface area contributed by atoms with Gasteiger partial charge in [0.25, 0.3) is 0 Å². The Kier molecular flexibility index (Phi) is 5.34. The fourth-order valence-electron chi connectivity index (χ4n) is 2.60. The van der Waals surface area contributed by atoms with Crippen molar-refractivity contribution in [3.05, 3.63) is 65.0 Å². The van der Waals surface area contributed by atoms with E-state index in [4.69, 9.17) is 10.5 Å². The predicted molar refractivity (Wildman–Crippen MR) is 84.3 cm³/mol. The minimum atomic E-state index is -0.196. The Hall–Kier alpha value is -1.87. The van der Waals surface area contributed by atoms with Crippen LogP contribution in [0.4, 0.5) is 4.39 Å². The van der Waals surface area contributed by atoms with Gasteiger partial charge in [-0.05, 0) is 48.2 Å². The van der Waals surface area contributed by atoms with E-state index in [2.05, 4.69) is 19.1 Å². The van der Waals surface area contributed by atoms with Crippen LogP contribution in [0, 0.1) is 5.82 Å². The summed E-state index contributed by atoms with van der Waals surface area (Å²) in [5.74, 6) is 0.591. The first-order chi connectivity index (χ1) is 10.2. The first-order valence-electron chi connectivity index (χ1n) is 7.29. The van der Waals surface area contributed by atoms with Gasteiger partial charge in [-0.1, -0.05) is 37.3 Å². The number of aryl methyl sites for hydroxylation is 1. The number of benzene rings is 2. The highest BCUT2D eigenvalue weighted by Gasteiger charge is 2.17. The minimum Gasteiger partial charge on any atom is -0.496 e. The third-order valence-corrected chi connectivity index (χ3v) is 3.85. The normalized spacial score (nSPS) is 12.2. The van der Waals surface area contributed by atoms with Gasteiger partial charge in [-0.2, -0.15) is 0 Å². The molecular weight excluding hydrogens is 265 g/mol. The van der Waals surface area contributed by atoms with Gasteiger partial charge < -0.3 is 10.5 Å². The molecule has 2 aromatic carbocycles. The van der Waals surface area contributed by atoms with Crippen LogP contribution in [0.1, 0.15) is 29.5 Å². The second kappa shape index (κ2) is 7.23. The van der Waals surface area contributed by atoms with E-state index in [1.807, 2.05) is 18.2 Å². The van der Waals surface area contributed by atoms with Crippen molar-refractivity contribution in [3.8, 4) is 5.75 Å². The summed E-state index contributed by atoms with van der Waals surface area (Å²) in [5, 5.41) is 0. The van der Waals surface area contributed by atoms with Gasteiger partial charge in [-0.3, -0.25) is 0 Å². The highest BCUT2D eigenvalue weighted by Crippen LogP contribution is 2.28. The van der Waals surface area contributed by atoms with Crippen molar-refractivity contribution < 1.29 is 9.13 Å². The molecule has 1 unspecified atom stereocenters. The van der Waals surface area contributed by atoms with Crippen LogP contribution in [0.25, 0.3) is 0 Å². The van der Waals surface area contributed by atoms with Crippen molar-refractivity contribution in [2.75, 3.05) is 13.7 Å². The molecule has 2 nitrogen and oxygen atoms in total. The number of ether oxygens (including phenoxy) is 1. The number of halogens is 1. The number of rotatable bonds is 6. The van der Waals surface area contributed by atoms with Crippen LogP contribution in [-0.2, 0) is 12.8 Å². The Labute approximate surface area is 125 Å². The molecule has 0 aliphatic carbocycles. The van der Waals surface area contributed by atoms with Gasteiger partial charge in [0.05, 0.1) is 7.11 Å². The molecule has 0 aromatic heterocycles. The van der Waals surface area contributed by atoms with E-state index in [1.54, 1.807) is 13.2 Å². The highest BCUT2D eigenvalue weighted by molar-refractivity contribution is 5.39. The maximum absolute atomic E-state index is 14.0. The van der Waals surface area contributed by atoms with Gasteiger partial charge in [0.15, 0.2) is 0 Å². The Bertz CT molecular complexity index is 598. The Balaban J connectivity index is 2.32. The van der Waals surface area contributed by atoms with Gasteiger partial charge in [-0.25, -0.2) is 4.39 Å². The molecule has 0 saturated heterocycles. The smallest absolute Gasteiger partial charge is 0.126 e. The molecule has 0 heterocycles. The van der Waals surface area contributed by atoms with Gasteiger partial charge in [0, 0.05) is 5.92 Å². The van der Waals surface area contributed by atoms with E-state index in [0.29, 0.717) is 18.5 Å². The Morgan fingerprint density at radius 1 is 1.19 bits per heavy atom. The fraction of sp³-hybridized carbons (Fsp3) is 0.333. The van der Waals surface area contributed by atoms with Crippen LogP contribution in [0.3, 0.4) is 0 Å². The Morgan fingerprint density at radius 3 is 2.57 bits per heavy atom. The summed E-state index contributed by atoms with van der Waals surface area (Å²) in [5.41, 5.74) is 8.87. The van der Waals surface area contributed by atoms with Crippen molar-refractivity contribution in [1.29, 1.82) is 0 Å². The van der Waals surface area contributed by atoms with Gasteiger partial charge in [-0.15, -0.1) is 0 Å². The quantitative estimate of drug-likeness (QED) is 0.879. The second-order valence-corrected chi connectivity index (χ2v) is 5.16. The van der Waals surface area contributed by atoms with Gasteiger partial charge >= 0.3 is 0 Å². The van der Waals surface area contributed by atoms with E-state index in [9.17, 15) is 4.39 Å². The monoisotopic (exact) mass is 287 g/mol. The van der Waals surface area contributed by atoms with Crippen molar-refractivity contribution in [1.82, 2.24) is 0 Å².